The minimum atomic E-state index is -1.21. The molecule has 0 saturated carbocycles. The minimum absolute atomic E-state index is 0.105. The average molecular weight is 378 g/mol. The number of quaternary nitrogens is 1. The molecule has 0 radical (unpaired) electrons. The van der Waals surface area contributed by atoms with Crippen molar-refractivity contribution in [2.24, 2.45) is 5.41 Å². The molecule has 1 atom stereocenters. The summed E-state index contributed by atoms with van der Waals surface area (Å²) in [5.41, 5.74) is 0.119. The summed E-state index contributed by atoms with van der Waals surface area (Å²) in [4.78, 5) is 25.7. The summed E-state index contributed by atoms with van der Waals surface area (Å²) >= 11 is 0. The van der Waals surface area contributed by atoms with Gasteiger partial charge in [-0.3, -0.25) is 0 Å². The van der Waals surface area contributed by atoms with Crippen molar-refractivity contribution in [2.45, 2.75) is 47.5 Å². The molecule has 1 aromatic rings. The van der Waals surface area contributed by atoms with Crippen LogP contribution in [0.4, 0.5) is 4.39 Å². The molecule has 1 amide bonds. The Labute approximate surface area is 160 Å². The standard InChI is InChI=1S/C21H28FNO4/c1-6-8-11-27-18-16-12-14(22)9-10-15(16)19(24)23(7-2,13-21(3,4)5)17(18)20(25)26/h9-10,12H,6-8,11,13H2,1-5H3/p+1. The zero-order valence-corrected chi connectivity index (χ0v) is 16.8. The Morgan fingerprint density at radius 2 is 1.89 bits per heavy atom. The van der Waals surface area contributed by atoms with E-state index >= 15 is 0 Å². The number of halogens is 1. The number of amides is 1. The van der Waals surface area contributed by atoms with Crippen LogP contribution >= 0.6 is 0 Å². The first kappa shape index (κ1) is 21.1. The first-order valence-electron chi connectivity index (χ1n) is 9.40. The number of likely N-dealkylation sites (N-methyl/N-ethyl adjacent to an activating group) is 1. The molecular weight excluding hydrogens is 349 g/mol. The second-order valence-electron chi connectivity index (χ2n) is 8.18. The topological polar surface area (TPSA) is 63.6 Å². The van der Waals surface area contributed by atoms with Crippen molar-refractivity contribution in [3.63, 3.8) is 0 Å². The SMILES string of the molecule is CCCCOC1=C(C(=O)O)[N+](CC)(CC(C)(C)C)C(=O)c2ccc(F)cc21. The Kier molecular flexibility index (Phi) is 6.10. The number of carboxylic acid groups (broad SMARTS) is 1. The van der Waals surface area contributed by atoms with Crippen molar-refractivity contribution in [1.82, 2.24) is 0 Å². The summed E-state index contributed by atoms with van der Waals surface area (Å²) in [6.45, 7) is 10.6. The lowest BCUT2D eigenvalue weighted by atomic mass is 9.89. The van der Waals surface area contributed by atoms with Gasteiger partial charge in [0.05, 0.1) is 25.3 Å². The third-order valence-corrected chi connectivity index (χ3v) is 4.72. The highest BCUT2D eigenvalue weighted by Gasteiger charge is 2.53. The normalized spacial score (nSPS) is 19.9. The van der Waals surface area contributed by atoms with Crippen molar-refractivity contribution in [3.8, 4) is 0 Å². The van der Waals surface area contributed by atoms with E-state index in [0.717, 1.165) is 12.8 Å². The first-order valence-corrected chi connectivity index (χ1v) is 9.40. The third-order valence-electron chi connectivity index (χ3n) is 4.72. The van der Waals surface area contributed by atoms with Gasteiger partial charge in [0.15, 0.2) is 5.76 Å². The molecule has 0 spiro atoms. The number of hydrogen-bond donors (Lipinski definition) is 1. The van der Waals surface area contributed by atoms with Gasteiger partial charge in [0.25, 0.3) is 5.70 Å². The van der Waals surface area contributed by atoms with Crippen LogP contribution in [0.5, 0.6) is 0 Å². The van der Waals surface area contributed by atoms with Crippen molar-refractivity contribution >= 4 is 17.6 Å². The Bertz CT molecular complexity index is 779. The molecule has 1 unspecified atom stereocenters. The zero-order valence-electron chi connectivity index (χ0n) is 16.8. The van der Waals surface area contributed by atoms with Crippen molar-refractivity contribution in [1.29, 1.82) is 0 Å². The summed E-state index contributed by atoms with van der Waals surface area (Å²) < 4.78 is 19.4. The maximum absolute atomic E-state index is 13.9. The van der Waals surface area contributed by atoms with Crippen LogP contribution in [0.15, 0.2) is 23.9 Å². The summed E-state index contributed by atoms with van der Waals surface area (Å²) in [6.07, 6.45) is 1.61. The van der Waals surface area contributed by atoms with Crippen LogP contribution in [-0.2, 0) is 9.53 Å². The number of carbonyl (C=O) groups excluding carboxylic acids is 1. The van der Waals surface area contributed by atoms with Crippen LogP contribution in [0.25, 0.3) is 5.76 Å². The maximum atomic E-state index is 13.9. The molecule has 0 saturated heterocycles. The van der Waals surface area contributed by atoms with Gasteiger partial charge in [0.2, 0.25) is 0 Å². The van der Waals surface area contributed by atoms with Gasteiger partial charge >= 0.3 is 11.9 Å². The third kappa shape index (κ3) is 4.05. The van der Waals surface area contributed by atoms with Crippen molar-refractivity contribution < 1.29 is 28.3 Å². The Morgan fingerprint density at radius 3 is 2.41 bits per heavy atom. The number of carboxylic acids is 1. The number of rotatable bonds is 7. The molecule has 1 N–H and O–H groups in total. The second-order valence-corrected chi connectivity index (χ2v) is 8.18. The monoisotopic (exact) mass is 378 g/mol. The lowest BCUT2D eigenvalue weighted by Gasteiger charge is -2.42. The molecule has 6 heteroatoms. The molecule has 0 aromatic heterocycles. The number of unbranched alkanes of at least 4 members (excludes halogenated alkanes) is 1. The Morgan fingerprint density at radius 1 is 1.22 bits per heavy atom. The molecule has 1 aliphatic heterocycles. The van der Waals surface area contributed by atoms with Crippen LogP contribution in [0.2, 0.25) is 0 Å². The number of benzene rings is 1. The number of nitrogens with zero attached hydrogens (tertiary/aromatic N) is 1. The van der Waals surface area contributed by atoms with Gasteiger partial charge in [-0.05, 0) is 31.5 Å². The highest BCUT2D eigenvalue weighted by molar-refractivity contribution is 6.05. The smallest absolute Gasteiger partial charge is 0.395 e. The van der Waals surface area contributed by atoms with E-state index in [1.54, 1.807) is 6.92 Å². The second kappa shape index (κ2) is 7.80. The maximum Gasteiger partial charge on any atom is 0.395 e. The molecule has 1 heterocycles. The Hall–Kier alpha value is -2.21. The van der Waals surface area contributed by atoms with Crippen molar-refractivity contribution in [3.05, 3.63) is 40.8 Å². The zero-order chi connectivity index (χ0) is 20.4. The molecule has 0 aliphatic carbocycles. The van der Waals surface area contributed by atoms with E-state index in [1.807, 2.05) is 27.7 Å². The summed E-state index contributed by atoms with van der Waals surface area (Å²) in [7, 11) is 0. The number of ether oxygens (including phenoxy) is 1. The summed E-state index contributed by atoms with van der Waals surface area (Å²) in [5, 5.41) is 10.0. The van der Waals surface area contributed by atoms with Crippen LogP contribution < -0.4 is 0 Å². The molecule has 1 aromatic carbocycles. The van der Waals surface area contributed by atoms with E-state index in [4.69, 9.17) is 4.74 Å². The predicted molar refractivity (Wildman–Crippen MR) is 101 cm³/mol. The van der Waals surface area contributed by atoms with E-state index in [2.05, 4.69) is 0 Å². The van der Waals surface area contributed by atoms with Crippen LogP contribution in [0, 0.1) is 11.2 Å². The largest absolute Gasteiger partial charge is 0.487 e. The highest BCUT2D eigenvalue weighted by Crippen LogP contribution is 2.40. The van der Waals surface area contributed by atoms with Crippen molar-refractivity contribution in [2.75, 3.05) is 19.7 Å². The van der Waals surface area contributed by atoms with Gasteiger partial charge in [-0.2, -0.15) is 0 Å². The molecular formula is C21H29FNO4+. The van der Waals surface area contributed by atoms with E-state index in [0.29, 0.717) is 18.7 Å². The number of hydrogen-bond acceptors (Lipinski definition) is 3. The van der Waals surface area contributed by atoms with Gasteiger partial charge in [0, 0.05) is 11.0 Å². The summed E-state index contributed by atoms with van der Waals surface area (Å²) in [6, 6.07) is 3.85. The van der Waals surface area contributed by atoms with Crippen LogP contribution in [-0.4, -0.2) is 41.2 Å². The molecule has 0 fully saturated rings. The average Bonchev–Trinajstić information content (AvgIpc) is 2.57. The number of carbonyl (C=O) groups is 2. The van der Waals surface area contributed by atoms with Gasteiger partial charge in [-0.15, -0.1) is 0 Å². The minimum Gasteiger partial charge on any atom is -0.487 e. The molecule has 27 heavy (non-hydrogen) atoms. The Balaban J connectivity index is 2.81. The van der Waals surface area contributed by atoms with Gasteiger partial charge < -0.3 is 9.84 Å². The van der Waals surface area contributed by atoms with E-state index in [9.17, 15) is 19.1 Å². The quantitative estimate of drug-likeness (QED) is 0.563. The van der Waals surface area contributed by atoms with Crippen LogP contribution in [0.3, 0.4) is 0 Å². The van der Waals surface area contributed by atoms with Crippen LogP contribution in [0.1, 0.15) is 63.4 Å². The lowest BCUT2D eigenvalue weighted by molar-refractivity contribution is -0.812. The highest BCUT2D eigenvalue weighted by atomic mass is 19.1. The molecule has 2 rings (SSSR count). The predicted octanol–water partition coefficient (Wildman–Crippen LogP) is 4.43. The fraction of sp³-hybridized carbons (Fsp3) is 0.524. The van der Waals surface area contributed by atoms with E-state index in [-0.39, 0.29) is 39.4 Å². The van der Waals surface area contributed by atoms with E-state index < -0.39 is 11.8 Å². The van der Waals surface area contributed by atoms with Gasteiger partial charge in [-0.25, -0.2) is 18.5 Å². The van der Waals surface area contributed by atoms with Gasteiger partial charge in [0.1, 0.15) is 5.82 Å². The number of aliphatic carboxylic acids is 1. The first-order chi connectivity index (χ1) is 12.6. The fourth-order valence-electron chi connectivity index (χ4n) is 3.66. The molecule has 148 valence electrons. The molecule has 5 nitrogen and oxygen atoms in total. The molecule has 1 aliphatic rings. The lowest BCUT2D eigenvalue weighted by Crippen LogP contribution is -2.59. The molecule has 0 bridgehead atoms. The fourth-order valence-corrected chi connectivity index (χ4v) is 3.66. The number of fused-ring (bicyclic) bond motifs is 1. The van der Waals surface area contributed by atoms with Gasteiger partial charge in [-0.1, -0.05) is 34.1 Å². The summed E-state index contributed by atoms with van der Waals surface area (Å²) in [5.74, 6) is -1.97. The van der Waals surface area contributed by atoms with E-state index in [1.165, 1.54) is 18.2 Å².